The molecule has 0 aliphatic heterocycles. The summed E-state index contributed by atoms with van der Waals surface area (Å²) in [5.74, 6) is 0. The molecule has 0 aliphatic rings. The highest BCUT2D eigenvalue weighted by molar-refractivity contribution is 6.64. The Labute approximate surface area is 101 Å². The second-order valence-corrected chi connectivity index (χ2v) is 7.19. The van der Waals surface area contributed by atoms with Gasteiger partial charge in [-0.1, -0.05) is 56.8 Å². The normalized spacial score (nSPS) is 11.9. The number of hydrogen-bond acceptors (Lipinski definition) is 1. The van der Waals surface area contributed by atoms with Gasteiger partial charge in [-0.2, -0.15) is 0 Å². The Morgan fingerprint density at radius 3 is 2.50 bits per heavy atom. The second-order valence-electron chi connectivity index (χ2n) is 4.31. The fourth-order valence-electron chi connectivity index (χ4n) is 1.42. The zero-order valence-electron chi connectivity index (χ0n) is 10.6. The first-order chi connectivity index (χ1) is 7.74. The van der Waals surface area contributed by atoms with Crippen LogP contribution in [-0.4, -0.2) is 15.4 Å². The standard InChI is InChI=1S/C14H22OSi/c1-4-5-11-15-14(16(2)3)12-13-9-7-6-8-10-13/h6-10,12,16H,4-5,11H2,1-3H3. The quantitative estimate of drug-likeness (QED) is 0.412. The molecule has 0 aromatic heterocycles. The van der Waals surface area contributed by atoms with Crippen molar-refractivity contribution in [3.63, 3.8) is 0 Å². The Hall–Kier alpha value is -1.02. The molecule has 0 amide bonds. The molecular formula is C14H22OSi. The number of hydrogen-bond donors (Lipinski definition) is 0. The molecular weight excluding hydrogens is 212 g/mol. The van der Waals surface area contributed by atoms with Crippen LogP contribution in [0.3, 0.4) is 0 Å². The van der Waals surface area contributed by atoms with Gasteiger partial charge >= 0.3 is 0 Å². The third-order valence-electron chi connectivity index (χ3n) is 2.44. The van der Waals surface area contributed by atoms with Crippen molar-refractivity contribution in [2.75, 3.05) is 6.61 Å². The van der Waals surface area contributed by atoms with Crippen LogP contribution in [0.5, 0.6) is 0 Å². The minimum atomic E-state index is -0.859. The van der Waals surface area contributed by atoms with E-state index in [4.69, 9.17) is 4.74 Å². The molecule has 1 aromatic carbocycles. The average Bonchev–Trinajstić information content (AvgIpc) is 2.29. The first kappa shape index (κ1) is 13.0. The smallest absolute Gasteiger partial charge is 0.109 e. The highest BCUT2D eigenvalue weighted by atomic mass is 28.3. The Kier molecular flexibility index (Phi) is 5.94. The molecule has 16 heavy (non-hydrogen) atoms. The van der Waals surface area contributed by atoms with Crippen LogP contribution >= 0.6 is 0 Å². The van der Waals surface area contributed by atoms with E-state index < -0.39 is 8.80 Å². The van der Waals surface area contributed by atoms with E-state index in [1.54, 1.807) is 0 Å². The van der Waals surface area contributed by atoms with Gasteiger partial charge < -0.3 is 4.74 Å². The van der Waals surface area contributed by atoms with E-state index >= 15 is 0 Å². The maximum atomic E-state index is 5.87. The van der Waals surface area contributed by atoms with Crippen molar-refractivity contribution < 1.29 is 4.74 Å². The molecule has 0 heterocycles. The second kappa shape index (κ2) is 7.28. The van der Waals surface area contributed by atoms with Gasteiger partial charge in [-0.05, 0) is 18.1 Å². The van der Waals surface area contributed by atoms with E-state index in [0.717, 1.165) is 13.0 Å². The van der Waals surface area contributed by atoms with Gasteiger partial charge in [0, 0.05) is 0 Å². The molecule has 2 heteroatoms. The molecule has 0 atom stereocenters. The molecule has 1 nitrogen and oxygen atoms in total. The molecule has 0 unspecified atom stereocenters. The maximum Gasteiger partial charge on any atom is 0.109 e. The van der Waals surface area contributed by atoms with Crippen LogP contribution in [0.1, 0.15) is 25.3 Å². The monoisotopic (exact) mass is 234 g/mol. The Morgan fingerprint density at radius 1 is 1.25 bits per heavy atom. The van der Waals surface area contributed by atoms with Gasteiger partial charge in [0.05, 0.1) is 12.0 Å². The van der Waals surface area contributed by atoms with Gasteiger partial charge in [0.25, 0.3) is 0 Å². The van der Waals surface area contributed by atoms with E-state index in [1.807, 2.05) is 6.07 Å². The molecule has 0 N–H and O–H groups in total. The first-order valence-corrected chi connectivity index (χ1v) is 9.02. The number of benzene rings is 1. The fraction of sp³-hybridized carbons (Fsp3) is 0.429. The van der Waals surface area contributed by atoms with Crippen molar-refractivity contribution in [2.45, 2.75) is 32.9 Å². The number of ether oxygens (including phenoxy) is 1. The van der Waals surface area contributed by atoms with Crippen LogP contribution in [0.25, 0.3) is 6.08 Å². The maximum absolute atomic E-state index is 5.87. The molecule has 0 saturated carbocycles. The molecule has 1 aromatic rings. The van der Waals surface area contributed by atoms with Gasteiger partial charge in [-0.15, -0.1) is 0 Å². The van der Waals surface area contributed by atoms with Gasteiger partial charge in [-0.25, -0.2) is 0 Å². The first-order valence-electron chi connectivity index (χ1n) is 6.13. The molecule has 0 spiro atoms. The van der Waals surface area contributed by atoms with E-state index in [9.17, 15) is 0 Å². The summed E-state index contributed by atoms with van der Waals surface area (Å²) in [7, 11) is -0.859. The van der Waals surface area contributed by atoms with Crippen molar-refractivity contribution in [3.8, 4) is 0 Å². The van der Waals surface area contributed by atoms with Gasteiger partial charge in [0.2, 0.25) is 0 Å². The van der Waals surface area contributed by atoms with Gasteiger partial charge in [0.1, 0.15) is 8.80 Å². The zero-order valence-corrected chi connectivity index (χ0v) is 11.7. The van der Waals surface area contributed by atoms with Crippen molar-refractivity contribution in [3.05, 3.63) is 41.3 Å². The summed E-state index contributed by atoms with van der Waals surface area (Å²) < 4.78 is 5.87. The summed E-state index contributed by atoms with van der Waals surface area (Å²) in [5, 5.41) is 1.22. The SMILES string of the molecule is CCCCOC(=Cc1ccccc1)[SiH](C)C. The lowest BCUT2D eigenvalue weighted by molar-refractivity contribution is 0.231. The lowest BCUT2D eigenvalue weighted by atomic mass is 10.2. The largest absolute Gasteiger partial charge is 0.503 e. The summed E-state index contributed by atoms with van der Waals surface area (Å²) >= 11 is 0. The van der Waals surface area contributed by atoms with Crippen molar-refractivity contribution in [1.29, 1.82) is 0 Å². The number of unbranched alkanes of at least 4 members (excludes halogenated alkanes) is 1. The fourth-order valence-corrected chi connectivity index (χ4v) is 2.40. The number of rotatable bonds is 6. The third kappa shape index (κ3) is 4.66. The van der Waals surface area contributed by atoms with Crippen LogP contribution < -0.4 is 0 Å². The van der Waals surface area contributed by atoms with Crippen molar-refractivity contribution >= 4 is 14.9 Å². The predicted octanol–water partition coefficient (Wildman–Crippen LogP) is 3.87. The third-order valence-corrected chi connectivity index (χ3v) is 3.92. The lowest BCUT2D eigenvalue weighted by Crippen LogP contribution is -2.10. The summed E-state index contributed by atoms with van der Waals surface area (Å²) in [5.41, 5.74) is 1.25. The van der Waals surface area contributed by atoms with Crippen LogP contribution in [0.4, 0.5) is 0 Å². The van der Waals surface area contributed by atoms with Gasteiger partial charge in [0.15, 0.2) is 0 Å². The summed E-state index contributed by atoms with van der Waals surface area (Å²) in [6.07, 6.45) is 4.54. The van der Waals surface area contributed by atoms with E-state index in [-0.39, 0.29) is 0 Å². The molecule has 0 saturated heterocycles. The highest BCUT2D eigenvalue weighted by Gasteiger charge is 2.05. The predicted molar refractivity (Wildman–Crippen MR) is 74.2 cm³/mol. The molecule has 0 bridgehead atoms. The molecule has 1 rings (SSSR count). The highest BCUT2D eigenvalue weighted by Crippen LogP contribution is 2.11. The van der Waals surface area contributed by atoms with Crippen LogP contribution in [-0.2, 0) is 4.74 Å². The Morgan fingerprint density at radius 2 is 1.94 bits per heavy atom. The van der Waals surface area contributed by atoms with Crippen molar-refractivity contribution in [2.24, 2.45) is 0 Å². The minimum absolute atomic E-state index is 0.859. The van der Waals surface area contributed by atoms with E-state index in [0.29, 0.717) is 0 Å². The van der Waals surface area contributed by atoms with Crippen molar-refractivity contribution in [1.82, 2.24) is 0 Å². The average molecular weight is 234 g/mol. The zero-order chi connectivity index (χ0) is 11.8. The lowest BCUT2D eigenvalue weighted by Gasteiger charge is -2.13. The van der Waals surface area contributed by atoms with Gasteiger partial charge in [-0.3, -0.25) is 0 Å². The van der Waals surface area contributed by atoms with E-state index in [2.05, 4.69) is 50.4 Å². The Balaban J connectivity index is 2.66. The molecule has 0 aliphatic carbocycles. The summed E-state index contributed by atoms with van der Waals surface area (Å²) in [6, 6.07) is 10.4. The van der Waals surface area contributed by atoms with Crippen LogP contribution in [0.2, 0.25) is 13.1 Å². The van der Waals surface area contributed by atoms with Crippen LogP contribution in [0, 0.1) is 0 Å². The van der Waals surface area contributed by atoms with E-state index in [1.165, 1.54) is 17.4 Å². The van der Waals surface area contributed by atoms with Crippen LogP contribution in [0.15, 0.2) is 35.7 Å². The molecule has 0 radical (unpaired) electrons. The molecule has 0 fully saturated rings. The topological polar surface area (TPSA) is 9.23 Å². The summed E-state index contributed by atoms with van der Waals surface area (Å²) in [4.78, 5) is 0. The summed E-state index contributed by atoms with van der Waals surface area (Å²) in [6.45, 7) is 7.67. The molecule has 88 valence electrons. The Bertz CT molecular complexity index is 317. The minimum Gasteiger partial charge on any atom is -0.503 e.